The molecule has 4 rings (SSSR count). The molecule has 0 saturated heterocycles. The number of halogens is 1. The summed E-state index contributed by atoms with van der Waals surface area (Å²) in [4.78, 5) is 13.3. The Morgan fingerprint density at radius 2 is 2.00 bits per heavy atom. The predicted octanol–water partition coefficient (Wildman–Crippen LogP) is 3.45. The number of ether oxygens (including phenoxy) is 1. The maximum atomic E-state index is 13.3. The fourth-order valence-corrected chi connectivity index (χ4v) is 3.77. The molecule has 0 saturated carbocycles. The lowest BCUT2D eigenvalue weighted by Crippen LogP contribution is -2.26. The molecule has 2 heterocycles. The number of aromatic amines is 1. The smallest absolute Gasteiger partial charge is 0.275 e. The Balaban J connectivity index is 1.99. The van der Waals surface area contributed by atoms with Crippen molar-refractivity contribution in [3.8, 4) is 17.5 Å². The quantitative estimate of drug-likeness (QED) is 0.660. The van der Waals surface area contributed by atoms with Gasteiger partial charge >= 0.3 is 0 Å². The average molecular weight is 423 g/mol. The number of hydrogen-bond acceptors (Lipinski definition) is 4. The third-order valence-corrected chi connectivity index (χ3v) is 5.09. The second kappa shape index (κ2) is 6.49. The van der Waals surface area contributed by atoms with Crippen LogP contribution in [0.25, 0.3) is 5.69 Å². The standard InChI is InChI=1S/C20H15BrN4O2/c1-11-17(20(26)25(24-11)13-5-3-2-4-6-13)18-14-9-12(21)7-8-16(14)27-19(23)15(18)10-22/h2-9,18,24H,23H2,1H3. The van der Waals surface area contributed by atoms with Gasteiger partial charge in [0.1, 0.15) is 17.4 Å². The van der Waals surface area contributed by atoms with Crippen LogP contribution >= 0.6 is 15.9 Å². The molecule has 134 valence electrons. The zero-order valence-corrected chi connectivity index (χ0v) is 15.9. The molecule has 0 fully saturated rings. The van der Waals surface area contributed by atoms with Gasteiger partial charge in [-0.05, 0) is 37.3 Å². The monoisotopic (exact) mass is 422 g/mol. The number of benzene rings is 2. The molecule has 1 aromatic heterocycles. The van der Waals surface area contributed by atoms with E-state index in [4.69, 9.17) is 10.5 Å². The summed E-state index contributed by atoms with van der Waals surface area (Å²) in [6, 6.07) is 16.8. The summed E-state index contributed by atoms with van der Waals surface area (Å²) >= 11 is 3.45. The Labute approximate surface area is 163 Å². The minimum Gasteiger partial charge on any atom is -0.440 e. The van der Waals surface area contributed by atoms with Crippen molar-refractivity contribution in [2.45, 2.75) is 12.8 Å². The van der Waals surface area contributed by atoms with Gasteiger partial charge in [0.2, 0.25) is 5.88 Å². The number of aromatic nitrogens is 2. The molecule has 1 unspecified atom stereocenters. The highest BCUT2D eigenvalue weighted by Gasteiger charge is 2.35. The zero-order valence-electron chi connectivity index (χ0n) is 14.4. The molecule has 3 aromatic rings. The van der Waals surface area contributed by atoms with Crippen molar-refractivity contribution in [2.75, 3.05) is 0 Å². The third-order valence-electron chi connectivity index (χ3n) is 4.60. The number of H-pyrrole nitrogens is 1. The van der Waals surface area contributed by atoms with Crippen molar-refractivity contribution >= 4 is 15.9 Å². The van der Waals surface area contributed by atoms with E-state index in [0.29, 0.717) is 22.7 Å². The van der Waals surface area contributed by atoms with E-state index >= 15 is 0 Å². The maximum absolute atomic E-state index is 13.3. The molecule has 0 aliphatic carbocycles. The SMILES string of the molecule is Cc1[nH]n(-c2ccccc2)c(=O)c1C1C(C#N)=C(N)Oc2ccc(Br)cc21. The topological polar surface area (TPSA) is 96.8 Å². The zero-order chi connectivity index (χ0) is 19.1. The lowest BCUT2D eigenvalue weighted by molar-refractivity contribution is 0.393. The van der Waals surface area contributed by atoms with E-state index < -0.39 is 5.92 Å². The molecular formula is C20H15BrN4O2. The highest BCUT2D eigenvalue weighted by atomic mass is 79.9. The van der Waals surface area contributed by atoms with Gasteiger partial charge in [-0.1, -0.05) is 34.1 Å². The van der Waals surface area contributed by atoms with Crippen LogP contribution in [0.15, 0.2) is 69.3 Å². The second-order valence-corrected chi connectivity index (χ2v) is 7.15. The van der Waals surface area contributed by atoms with Gasteiger partial charge < -0.3 is 10.5 Å². The van der Waals surface area contributed by atoms with Crippen LogP contribution < -0.4 is 16.0 Å². The number of rotatable bonds is 2. The molecule has 0 spiro atoms. The molecular weight excluding hydrogens is 408 g/mol. The van der Waals surface area contributed by atoms with Crippen molar-refractivity contribution in [3.05, 3.63) is 91.6 Å². The highest BCUT2D eigenvalue weighted by molar-refractivity contribution is 9.10. The van der Waals surface area contributed by atoms with Crippen LogP contribution in [0.2, 0.25) is 0 Å². The van der Waals surface area contributed by atoms with E-state index in [9.17, 15) is 10.1 Å². The summed E-state index contributed by atoms with van der Waals surface area (Å²) in [5.74, 6) is -0.0560. The fourth-order valence-electron chi connectivity index (χ4n) is 3.39. The van der Waals surface area contributed by atoms with Gasteiger partial charge in [-0.2, -0.15) is 5.26 Å². The van der Waals surface area contributed by atoms with Crippen molar-refractivity contribution in [3.63, 3.8) is 0 Å². The van der Waals surface area contributed by atoms with Gasteiger partial charge in [0, 0.05) is 15.7 Å². The molecule has 1 atom stereocenters. The molecule has 6 nitrogen and oxygen atoms in total. The van der Waals surface area contributed by atoms with Crippen molar-refractivity contribution < 1.29 is 4.74 Å². The number of fused-ring (bicyclic) bond motifs is 1. The molecule has 0 bridgehead atoms. The van der Waals surface area contributed by atoms with E-state index in [2.05, 4.69) is 27.1 Å². The van der Waals surface area contributed by atoms with Crippen LogP contribution in [-0.4, -0.2) is 9.78 Å². The van der Waals surface area contributed by atoms with Crippen molar-refractivity contribution in [1.29, 1.82) is 5.26 Å². The molecule has 1 aliphatic heterocycles. The molecule has 0 amide bonds. The number of allylic oxidation sites excluding steroid dienone is 1. The second-order valence-electron chi connectivity index (χ2n) is 6.23. The Morgan fingerprint density at radius 1 is 1.26 bits per heavy atom. The number of nitriles is 1. The normalized spacial score (nSPS) is 15.8. The number of para-hydroxylation sites is 1. The summed E-state index contributed by atoms with van der Waals surface area (Å²) < 4.78 is 7.91. The first-order chi connectivity index (χ1) is 13.0. The van der Waals surface area contributed by atoms with Crippen LogP contribution in [-0.2, 0) is 0 Å². The molecule has 7 heteroatoms. The van der Waals surface area contributed by atoms with Gasteiger partial charge in [0.25, 0.3) is 5.56 Å². The van der Waals surface area contributed by atoms with Gasteiger partial charge in [0.05, 0.1) is 17.2 Å². The summed E-state index contributed by atoms with van der Waals surface area (Å²) in [5.41, 5.74) is 8.57. The molecule has 0 radical (unpaired) electrons. The number of hydrogen-bond donors (Lipinski definition) is 2. The van der Waals surface area contributed by atoms with E-state index in [1.807, 2.05) is 49.4 Å². The fraction of sp³-hybridized carbons (Fsp3) is 0.100. The Bertz CT molecular complexity index is 1170. The van der Waals surface area contributed by atoms with Crippen LogP contribution in [0, 0.1) is 18.3 Å². The van der Waals surface area contributed by atoms with E-state index in [1.54, 1.807) is 6.07 Å². The van der Waals surface area contributed by atoms with Crippen LogP contribution in [0.1, 0.15) is 22.7 Å². The number of nitrogens with two attached hydrogens (primary N) is 1. The van der Waals surface area contributed by atoms with Crippen molar-refractivity contribution in [2.24, 2.45) is 5.73 Å². The average Bonchev–Trinajstić information content (AvgIpc) is 2.96. The van der Waals surface area contributed by atoms with Crippen LogP contribution in [0.5, 0.6) is 5.75 Å². The molecule has 2 aromatic carbocycles. The first kappa shape index (κ1) is 17.2. The van der Waals surface area contributed by atoms with E-state index in [1.165, 1.54) is 4.68 Å². The Hall–Kier alpha value is -3.24. The molecule has 3 N–H and O–H groups in total. The van der Waals surface area contributed by atoms with Crippen LogP contribution in [0.4, 0.5) is 0 Å². The largest absolute Gasteiger partial charge is 0.440 e. The lowest BCUT2D eigenvalue weighted by Gasteiger charge is -2.25. The third kappa shape index (κ3) is 2.75. The minimum atomic E-state index is -0.607. The predicted molar refractivity (Wildman–Crippen MR) is 105 cm³/mol. The van der Waals surface area contributed by atoms with Gasteiger partial charge in [-0.3, -0.25) is 9.89 Å². The lowest BCUT2D eigenvalue weighted by atomic mass is 9.84. The minimum absolute atomic E-state index is 0.0172. The Morgan fingerprint density at radius 3 is 2.70 bits per heavy atom. The summed E-state index contributed by atoms with van der Waals surface area (Å²) in [6.45, 7) is 1.81. The van der Waals surface area contributed by atoms with Gasteiger partial charge in [0.15, 0.2) is 0 Å². The van der Waals surface area contributed by atoms with Gasteiger partial charge in [-0.15, -0.1) is 0 Å². The first-order valence-electron chi connectivity index (χ1n) is 8.25. The summed E-state index contributed by atoms with van der Waals surface area (Å²) in [6.07, 6.45) is 0. The van der Waals surface area contributed by atoms with Crippen molar-refractivity contribution in [1.82, 2.24) is 9.78 Å². The number of nitrogens with zero attached hydrogens (tertiary/aromatic N) is 2. The van der Waals surface area contributed by atoms with E-state index in [0.717, 1.165) is 10.0 Å². The maximum Gasteiger partial charge on any atom is 0.275 e. The first-order valence-corrected chi connectivity index (χ1v) is 9.04. The number of aryl methyl sites for hydroxylation is 1. The Kier molecular flexibility index (Phi) is 4.13. The van der Waals surface area contributed by atoms with E-state index in [-0.39, 0.29) is 17.0 Å². The molecule has 1 aliphatic rings. The number of nitrogens with one attached hydrogen (secondary N) is 1. The van der Waals surface area contributed by atoms with Gasteiger partial charge in [-0.25, -0.2) is 4.68 Å². The summed E-state index contributed by atoms with van der Waals surface area (Å²) in [5, 5.41) is 12.8. The highest BCUT2D eigenvalue weighted by Crippen LogP contribution is 2.42. The van der Waals surface area contributed by atoms with Crippen LogP contribution in [0.3, 0.4) is 0 Å². The molecule has 27 heavy (non-hydrogen) atoms. The summed E-state index contributed by atoms with van der Waals surface area (Å²) in [7, 11) is 0.